The lowest BCUT2D eigenvalue weighted by Gasteiger charge is -2.13. The fraction of sp³-hybridized carbons (Fsp3) is 0.333. The van der Waals surface area contributed by atoms with Gasteiger partial charge in [-0.1, -0.05) is 0 Å². The molecule has 1 aromatic heterocycles. The van der Waals surface area contributed by atoms with Gasteiger partial charge in [0.2, 0.25) is 0 Å². The molecule has 0 fully saturated rings. The molecule has 0 saturated heterocycles. The van der Waals surface area contributed by atoms with E-state index in [-0.39, 0.29) is 24.1 Å². The highest BCUT2D eigenvalue weighted by molar-refractivity contribution is 5.39. The molecule has 1 rings (SSSR count). The van der Waals surface area contributed by atoms with Crippen LogP contribution in [-0.4, -0.2) is 11.3 Å². The number of nitrogens with zero attached hydrogens (tertiary/aromatic N) is 1. The lowest BCUT2D eigenvalue weighted by atomic mass is 10.1. The third-order valence-electron chi connectivity index (χ3n) is 1.94. The van der Waals surface area contributed by atoms with Gasteiger partial charge in [0.05, 0.1) is 12.5 Å². The van der Waals surface area contributed by atoms with E-state index in [1.165, 1.54) is 0 Å². The van der Waals surface area contributed by atoms with Gasteiger partial charge < -0.3 is 15.5 Å². The van der Waals surface area contributed by atoms with Crippen molar-refractivity contribution in [1.82, 2.24) is 4.98 Å². The average Bonchev–Trinajstić information content (AvgIpc) is 2.22. The molecule has 0 amide bonds. The van der Waals surface area contributed by atoms with Crippen molar-refractivity contribution in [2.45, 2.75) is 19.3 Å². The Morgan fingerprint density at radius 1 is 1.53 bits per heavy atom. The number of alkyl halides is 3. The van der Waals surface area contributed by atoms with Crippen LogP contribution in [0, 0.1) is 11.3 Å². The zero-order valence-corrected chi connectivity index (χ0v) is 8.47. The number of nitrogens with two attached hydrogens (primary N) is 1. The Kier molecular flexibility index (Phi) is 3.75. The van der Waals surface area contributed by atoms with Crippen molar-refractivity contribution in [2.75, 3.05) is 0 Å². The molecule has 0 bridgehead atoms. The minimum atomic E-state index is -5.00. The number of rotatable bonds is 3. The first-order valence-electron chi connectivity index (χ1n) is 4.45. The Morgan fingerprint density at radius 2 is 2.18 bits per heavy atom. The second-order valence-corrected chi connectivity index (χ2v) is 3.04. The molecule has 0 saturated carbocycles. The summed E-state index contributed by atoms with van der Waals surface area (Å²) in [7, 11) is 0. The summed E-state index contributed by atoms with van der Waals surface area (Å²) in [6, 6.07) is 1.66. The smallest absolute Gasteiger partial charge is 0.400 e. The molecule has 5 nitrogen and oxygen atoms in total. The largest absolute Gasteiger partial charge is 0.573 e. The highest BCUT2D eigenvalue weighted by Gasteiger charge is 2.34. The maximum atomic E-state index is 12.1. The third kappa shape index (κ3) is 3.22. The van der Waals surface area contributed by atoms with Crippen molar-refractivity contribution >= 4 is 0 Å². The minimum Gasteiger partial charge on any atom is -0.400 e. The number of nitriles is 1. The Labute approximate surface area is 93.6 Å². The molecule has 0 aliphatic carbocycles. The van der Waals surface area contributed by atoms with Gasteiger partial charge in [0, 0.05) is 18.3 Å². The van der Waals surface area contributed by atoms with Crippen LogP contribution < -0.4 is 16.0 Å². The molecule has 0 spiro atoms. The molecule has 1 aromatic rings. The summed E-state index contributed by atoms with van der Waals surface area (Å²) in [6.45, 7) is -0.109. The lowest BCUT2D eigenvalue weighted by Crippen LogP contribution is -2.25. The van der Waals surface area contributed by atoms with E-state index in [4.69, 9.17) is 11.0 Å². The van der Waals surface area contributed by atoms with E-state index in [0.29, 0.717) is 0 Å². The molecule has 0 aromatic carbocycles. The Balaban J connectivity index is 3.35. The molecule has 0 aliphatic heterocycles. The fourth-order valence-electron chi connectivity index (χ4n) is 1.27. The first-order valence-corrected chi connectivity index (χ1v) is 4.45. The zero-order chi connectivity index (χ0) is 13.1. The van der Waals surface area contributed by atoms with Crippen LogP contribution in [0.2, 0.25) is 0 Å². The van der Waals surface area contributed by atoms with Crippen molar-refractivity contribution < 1.29 is 17.9 Å². The van der Waals surface area contributed by atoms with E-state index in [2.05, 4.69) is 9.72 Å². The molecule has 0 aliphatic rings. The lowest BCUT2D eigenvalue weighted by molar-refractivity contribution is -0.275. The highest BCUT2D eigenvalue weighted by atomic mass is 19.4. The van der Waals surface area contributed by atoms with Gasteiger partial charge in [-0.15, -0.1) is 13.2 Å². The summed E-state index contributed by atoms with van der Waals surface area (Å²) in [4.78, 5) is 13.3. The Hall–Kier alpha value is -2.01. The normalized spacial score (nSPS) is 11.0. The predicted molar refractivity (Wildman–Crippen MR) is 51.0 cm³/mol. The van der Waals surface area contributed by atoms with Crippen molar-refractivity contribution in [3.8, 4) is 11.8 Å². The van der Waals surface area contributed by atoms with Gasteiger partial charge in [-0.25, -0.2) is 0 Å². The summed E-state index contributed by atoms with van der Waals surface area (Å²) in [5, 5.41) is 8.51. The number of hydrogen-bond acceptors (Lipinski definition) is 4. The monoisotopic (exact) mass is 247 g/mol. The van der Waals surface area contributed by atoms with E-state index >= 15 is 0 Å². The maximum Gasteiger partial charge on any atom is 0.573 e. The van der Waals surface area contributed by atoms with Gasteiger partial charge in [0.25, 0.3) is 5.56 Å². The molecule has 92 valence electrons. The molecule has 3 N–H and O–H groups in total. The summed E-state index contributed by atoms with van der Waals surface area (Å²) in [5.41, 5.74) is 4.33. The summed E-state index contributed by atoms with van der Waals surface area (Å²) >= 11 is 0. The van der Waals surface area contributed by atoms with Gasteiger partial charge in [-0.05, 0) is 5.56 Å². The standard InChI is InChI=1S/C9H8F3N3O2/c10-9(11,12)17-7-6(1-2-13)5(3-14)4-15-8(7)16/h4H,1,3,14H2,(H,15,16). The summed E-state index contributed by atoms with van der Waals surface area (Å²) in [5.74, 6) is -0.929. The molecule has 0 unspecified atom stereocenters. The van der Waals surface area contributed by atoms with E-state index in [1.807, 2.05) is 0 Å². The molecule has 0 radical (unpaired) electrons. The van der Waals surface area contributed by atoms with E-state index in [0.717, 1.165) is 6.20 Å². The first kappa shape index (κ1) is 13.1. The van der Waals surface area contributed by atoms with Crippen LogP contribution in [0.1, 0.15) is 11.1 Å². The number of H-pyrrole nitrogens is 1. The Morgan fingerprint density at radius 3 is 2.65 bits per heavy atom. The minimum absolute atomic E-state index is 0.109. The molecule has 17 heavy (non-hydrogen) atoms. The SMILES string of the molecule is N#CCc1c(CN)c[nH]c(=O)c1OC(F)(F)F. The molecule has 8 heteroatoms. The van der Waals surface area contributed by atoms with Crippen LogP contribution in [0.25, 0.3) is 0 Å². The average molecular weight is 247 g/mol. The van der Waals surface area contributed by atoms with Crippen LogP contribution in [0.3, 0.4) is 0 Å². The summed E-state index contributed by atoms with van der Waals surface area (Å²) < 4.78 is 39.9. The topological polar surface area (TPSA) is 91.9 Å². The number of halogens is 3. The van der Waals surface area contributed by atoms with Crippen molar-refractivity contribution in [3.63, 3.8) is 0 Å². The Bertz CT molecular complexity index is 502. The third-order valence-corrected chi connectivity index (χ3v) is 1.94. The number of nitrogens with one attached hydrogen (secondary N) is 1. The van der Waals surface area contributed by atoms with Gasteiger partial charge in [0.15, 0.2) is 5.75 Å². The second-order valence-electron chi connectivity index (χ2n) is 3.04. The molecular formula is C9H8F3N3O2. The van der Waals surface area contributed by atoms with Crippen molar-refractivity contribution in [3.05, 3.63) is 27.7 Å². The zero-order valence-electron chi connectivity index (χ0n) is 8.47. The van der Waals surface area contributed by atoms with E-state index in [9.17, 15) is 18.0 Å². The number of aromatic amines is 1. The highest BCUT2D eigenvalue weighted by Crippen LogP contribution is 2.25. The number of ether oxygens (including phenoxy) is 1. The van der Waals surface area contributed by atoms with Crippen molar-refractivity contribution in [2.24, 2.45) is 5.73 Å². The van der Waals surface area contributed by atoms with Crippen molar-refractivity contribution in [1.29, 1.82) is 5.26 Å². The predicted octanol–water partition coefficient (Wildman–Crippen LogP) is 0.798. The number of hydrogen-bond donors (Lipinski definition) is 2. The molecular weight excluding hydrogens is 239 g/mol. The second kappa shape index (κ2) is 4.88. The number of aromatic nitrogens is 1. The quantitative estimate of drug-likeness (QED) is 0.826. The van der Waals surface area contributed by atoms with Gasteiger partial charge in [-0.3, -0.25) is 4.79 Å². The van der Waals surface area contributed by atoms with Gasteiger partial charge in [-0.2, -0.15) is 5.26 Å². The summed E-state index contributed by atoms with van der Waals surface area (Å²) in [6.07, 6.45) is -4.22. The van der Waals surface area contributed by atoms with E-state index < -0.39 is 17.7 Å². The molecule has 1 heterocycles. The van der Waals surface area contributed by atoms with Gasteiger partial charge in [0.1, 0.15) is 0 Å². The van der Waals surface area contributed by atoms with Crippen LogP contribution in [-0.2, 0) is 13.0 Å². The van der Waals surface area contributed by atoms with Crippen LogP contribution in [0.5, 0.6) is 5.75 Å². The maximum absolute atomic E-state index is 12.1. The van der Waals surface area contributed by atoms with E-state index in [1.54, 1.807) is 6.07 Å². The van der Waals surface area contributed by atoms with Gasteiger partial charge >= 0.3 is 6.36 Å². The number of pyridine rings is 1. The fourth-order valence-corrected chi connectivity index (χ4v) is 1.27. The first-order chi connectivity index (χ1) is 7.89. The van der Waals surface area contributed by atoms with Crippen LogP contribution in [0.4, 0.5) is 13.2 Å². The van der Waals surface area contributed by atoms with Crippen LogP contribution >= 0.6 is 0 Å². The van der Waals surface area contributed by atoms with Crippen LogP contribution in [0.15, 0.2) is 11.0 Å². The molecule has 0 atom stereocenters.